The molecule has 0 aliphatic carbocycles. The average molecular weight is 290 g/mol. The van der Waals surface area contributed by atoms with Gasteiger partial charge in [-0.25, -0.2) is 0 Å². The zero-order valence-corrected chi connectivity index (χ0v) is 9.32. The lowest BCUT2D eigenvalue weighted by molar-refractivity contribution is 0.424. The minimum atomic E-state index is 0.513. The van der Waals surface area contributed by atoms with Gasteiger partial charge in [0, 0.05) is 22.6 Å². The zero-order valence-electron chi connectivity index (χ0n) is 7.17. The second-order valence-corrected chi connectivity index (χ2v) is 3.66. The van der Waals surface area contributed by atoms with Crippen molar-refractivity contribution in [2.24, 2.45) is 0 Å². The molecule has 0 fully saturated rings. The molecule has 2 heterocycles. The van der Waals surface area contributed by atoms with Gasteiger partial charge in [0.2, 0.25) is 3.83 Å². The van der Waals surface area contributed by atoms with Gasteiger partial charge < -0.3 is 8.94 Å². The molecule has 13 heavy (non-hydrogen) atoms. The highest BCUT2D eigenvalue weighted by atomic mass is 127. The molecule has 4 nitrogen and oxygen atoms in total. The van der Waals surface area contributed by atoms with Crippen molar-refractivity contribution in [3.05, 3.63) is 21.4 Å². The molecule has 0 bridgehead atoms. The minimum Gasteiger partial charge on any atom is -0.466 e. The average Bonchev–Trinajstić information content (AvgIpc) is 2.58. The van der Waals surface area contributed by atoms with Crippen molar-refractivity contribution in [2.75, 3.05) is 0 Å². The summed E-state index contributed by atoms with van der Waals surface area (Å²) in [7, 11) is 0. The molecule has 2 aromatic heterocycles. The number of nitrogens with zero attached hydrogens (tertiary/aromatic N) is 2. The molecule has 0 radical (unpaired) electrons. The Morgan fingerprint density at radius 2 is 2.15 bits per heavy atom. The van der Waals surface area contributed by atoms with E-state index in [1.54, 1.807) is 0 Å². The first-order valence-electron chi connectivity index (χ1n) is 3.73. The highest BCUT2D eigenvalue weighted by Gasteiger charge is 2.13. The third kappa shape index (κ3) is 1.60. The summed E-state index contributed by atoms with van der Waals surface area (Å²) in [6, 6.07) is 1.89. The van der Waals surface area contributed by atoms with Crippen molar-refractivity contribution in [3.63, 3.8) is 0 Å². The number of hydrogen-bond donors (Lipinski definition) is 0. The maximum Gasteiger partial charge on any atom is 0.262 e. The lowest BCUT2D eigenvalue weighted by Crippen LogP contribution is -1.76. The van der Waals surface area contributed by atoms with Crippen LogP contribution in [0.5, 0.6) is 0 Å². The number of furan rings is 1. The van der Waals surface area contributed by atoms with Crippen LogP contribution in [0.2, 0.25) is 0 Å². The van der Waals surface area contributed by atoms with Gasteiger partial charge in [-0.3, -0.25) is 0 Å². The quantitative estimate of drug-likeness (QED) is 0.757. The summed E-state index contributed by atoms with van der Waals surface area (Å²) >= 11 is 2.00. The number of aryl methyl sites for hydroxylation is 2. The lowest BCUT2D eigenvalue weighted by Gasteiger charge is -1.86. The molecule has 0 atom stereocenters. The summed E-state index contributed by atoms with van der Waals surface area (Å²) in [5.41, 5.74) is 0.868. The van der Waals surface area contributed by atoms with Gasteiger partial charge in [-0.2, -0.15) is 4.98 Å². The summed E-state index contributed by atoms with van der Waals surface area (Å²) in [4.78, 5) is 4.10. The standard InChI is InChI=1S/C8H7IN2O2/c1-4-3-6(5(2)12-4)7-10-8(9)11-13-7/h3H,1-2H3. The molecule has 0 aromatic carbocycles. The van der Waals surface area contributed by atoms with Crippen molar-refractivity contribution in [1.29, 1.82) is 0 Å². The fourth-order valence-corrected chi connectivity index (χ4v) is 1.48. The van der Waals surface area contributed by atoms with Crippen LogP contribution in [0.4, 0.5) is 0 Å². The third-order valence-corrected chi connectivity index (χ3v) is 2.11. The molecule has 0 unspecified atom stereocenters. The Morgan fingerprint density at radius 3 is 2.62 bits per heavy atom. The molecule has 0 aliphatic heterocycles. The molecule has 0 saturated heterocycles. The molecule has 68 valence electrons. The van der Waals surface area contributed by atoms with Crippen LogP contribution in [0.1, 0.15) is 11.5 Å². The van der Waals surface area contributed by atoms with E-state index < -0.39 is 0 Å². The summed E-state index contributed by atoms with van der Waals surface area (Å²) in [6.45, 7) is 3.76. The predicted molar refractivity (Wildman–Crippen MR) is 54.2 cm³/mol. The van der Waals surface area contributed by atoms with E-state index in [1.807, 2.05) is 42.5 Å². The highest BCUT2D eigenvalue weighted by Crippen LogP contribution is 2.24. The summed E-state index contributed by atoms with van der Waals surface area (Å²) < 4.78 is 11.0. The van der Waals surface area contributed by atoms with Crippen molar-refractivity contribution in [1.82, 2.24) is 10.1 Å². The van der Waals surface area contributed by atoms with Crippen molar-refractivity contribution >= 4 is 22.6 Å². The van der Waals surface area contributed by atoms with E-state index in [0.717, 1.165) is 17.1 Å². The van der Waals surface area contributed by atoms with Crippen LogP contribution in [0.15, 0.2) is 15.0 Å². The van der Waals surface area contributed by atoms with E-state index in [4.69, 9.17) is 8.94 Å². The molecule has 2 aromatic rings. The summed E-state index contributed by atoms with van der Waals surface area (Å²) in [5, 5.41) is 3.70. The molecule has 5 heteroatoms. The molecular formula is C8H7IN2O2. The Kier molecular flexibility index (Phi) is 2.10. The molecule has 0 saturated carbocycles. The number of rotatable bonds is 1. The fourth-order valence-electron chi connectivity index (χ4n) is 1.16. The third-order valence-electron chi connectivity index (χ3n) is 1.67. The van der Waals surface area contributed by atoms with Gasteiger partial charge in [-0.15, -0.1) is 0 Å². The second-order valence-electron chi connectivity index (χ2n) is 2.70. The number of aromatic nitrogens is 2. The molecule has 2 rings (SSSR count). The van der Waals surface area contributed by atoms with E-state index in [0.29, 0.717) is 9.72 Å². The normalized spacial score (nSPS) is 10.7. The molecule has 0 spiro atoms. The predicted octanol–water partition coefficient (Wildman–Crippen LogP) is 2.55. The molecule has 0 amide bonds. The van der Waals surface area contributed by atoms with Crippen LogP contribution >= 0.6 is 22.6 Å². The van der Waals surface area contributed by atoms with Crippen LogP contribution in [0, 0.1) is 17.7 Å². The largest absolute Gasteiger partial charge is 0.466 e. The first kappa shape index (κ1) is 8.74. The van der Waals surface area contributed by atoms with Gasteiger partial charge in [-0.1, -0.05) is 5.16 Å². The lowest BCUT2D eigenvalue weighted by atomic mass is 10.2. The van der Waals surface area contributed by atoms with Crippen LogP contribution in [0.25, 0.3) is 11.5 Å². The first-order valence-corrected chi connectivity index (χ1v) is 4.81. The van der Waals surface area contributed by atoms with Gasteiger partial charge in [0.1, 0.15) is 11.5 Å². The van der Waals surface area contributed by atoms with E-state index in [-0.39, 0.29) is 0 Å². The second kappa shape index (κ2) is 3.13. The van der Waals surface area contributed by atoms with Gasteiger partial charge in [0.05, 0.1) is 5.56 Å². The highest BCUT2D eigenvalue weighted by molar-refractivity contribution is 14.1. The maximum absolute atomic E-state index is 5.35. The number of hydrogen-bond acceptors (Lipinski definition) is 4. The fraction of sp³-hybridized carbons (Fsp3) is 0.250. The molecule has 0 N–H and O–H groups in total. The van der Waals surface area contributed by atoms with Gasteiger partial charge in [-0.05, 0) is 19.9 Å². The van der Waals surface area contributed by atoms with E-state index in [9.17, 15) is 0 Å². The van der Waals surface area contributed by atoms with E-state index >= 15 is 0 Å². The Hall–Kier alpha value is -0.850. The Labute approximate surface area is 88.5 Å². The Balaban J connectivity index is 2.51. The van der Waals surface area contributed by atoms with Crippen LogP contribution in [-0.4, -0.2) is 10.1 Å². The van der Waals surface area contributed by atoms with E-state index in [2.05, 4.69) is 10.1 Å². The first-order chi connectivity index (χ1) is 6.16. The van der Waals surface area contributed by atoms with Crippen molar-refractivity contribution < 1.29 is 8.94 Å². The van der Waals surface area contributed by atoms with Crippen LogP contribution in [-0.2, 0) is 0 Å². The molecular weight excluding hydrogens is 283 g/mol. The molecule has 0 aliphatic rings. The smallest absolute Gasteiger partial charge is 0.262 e. The van der Waals surface area contributed by atoms with Crippen molar-refractivity contribution in [3.8, 4) is 11.5 Å². The summed E-state index contributed by atoms with van der Waals surface area (Å²) in [5.74, 6) is 2.16. The minimum absolute atomic E-state index is 0.513. The van der Waals surface area contributed by atoms with Crippen LogP contribution in [0.3, 0.4) is 0 Å². The Bertz CT molecular complexity index is 433. The van der Waals surface area contributed by atoms with Gasteiger partial charge in [0.15, 0.2) is 0 Å². The zero-order chi connectivity index (χ0) is 9.42. The summed E-state index contributed by atoms with van der Waals surface area (Å²) in [6.07, 6.45) is 0. The Morgan fingerprint density at radius 1 is 1.38 bits per heavy atom. The monoisotopic (exact) mass is 290 g/mol. The van der Waals surface area contributed by atoms with E-state index in [1.165, 1.54) is 0 Å². The SMILES string of the molecule is Cc1cc(-c2nc(I)no2)c(C)o1. The van der Waals surface area contributed by atoms with Crippen molar-refractivity contribution in [2.45, 2.75) is 13.8 Å². The topological polar surface area (TPSA) is 52.1 Å². The van der Waals surface area contributed by atoms with Gasteiger partial charge >= 0.3 is 0 Å². The number of halogens is 1. The van der Waals surface area contributed by atoms with Gasteiger partial charge in [0.25, 0.3) is 5.89 Å². The maximum atomic E-state index is 5.35. The van der Waals surface area contributed by atoms with Crippen LogP contribution < -0.4 is 0 Å².